The van der Waals surface area contributed by atoms with E-state index >= 15 is 0 Å². The van der Waals surface area contributed by atoms with Gasteiger partial charge >= 0.3 is 6.18 Å². The number of nitrogens with zero attached hydrogens (tertiary/aromatic N) is 2. The molecule has 2 aromatic rings. The van der Waals surface area contributed by atoms with Crippen LogP contribution in [-0.2, 0) is 0 Å². The lowest BCUT2D eigenvalue weighted by atomic mass is 9.90. The first-order valence-corrected chi connectivity index (χ1v) is 12.7. The van der Waals surface area contributed by atoms with Gasteiger partial charge in [-0.2, -0.15) is 13.2 Å². The lowest BCUT2D eigenvalue weighted by molar-refractivity contribution is -0.0618. The molecule has 2 aliphatic heterocycles. The van der Waals surface area contributed by atoms with Crippen LogP contribution < -0.4 is 21.3 Å². The summed E-state index contributed by atoms with van der Waals surface area (Å²) >= 11 is 0. The number of alkyl halides is 3. The first kappa shape index (κ1) is 27.7. The first-order valence-electron chi connectivity index (χ1n) is 12.7. The Morgan fingerprint density at radius 3 is 2.67 bits per heavy atom. The molecule has 13 heteroatoms. The first-order chi connectivity index (χ1) is 19.0. The van der Waals surface area contributed by atoms with Crippen LogP contribution in [0.4, 0.5) is 33.3 Å². The van der Waals surface area contributed by atoms with E-state index in [0.29, 0.717) is 36.3 Å². The molecule has 212 valence electrons. The van der Waals surface area contributed by atoms with Gasteiger partial charge in [0.1, 0.15) is 12.3 Å². The molecule has 3 aliphatic rings. The van der Waals surface area contributed by atoms with Gasteiger partial charge in [-0.25, -0.2) is 8.78 Å². The molecule has 40 heavy (non-hydrogen) atoms. The van der Waals surface area contributed by atoms with E-state index in [1.807, 2.05) is 13.0 Å². The highest BCUT2D eigenvalue weighted by Crippen LogP contribution is 2.33. The van der Waals surface area contributed by atoms with Gasteiger partial charge in [0, 0.05) is 24.0 Å². The molecule has 0 spiro atoms. The van der Waals surface area contributed by atoms with E-state index in [1.165, 1.54) is 0 Å². The molecule has 0 bridgehead atoms. The molecular weight excluding hydrogens is 535 g/mol. The SMILES string of the molecule is CC1=CCC(NC(O)C2NC(C(F)(F)F)=NC2c2ccc(F)c(F)c2)CC1Nc1ccc2c(c1)C(=O)NCC=N2. The number of carbonyl (C=O) groups excluding carboxylic acids is 1. The van der Waals surface area contributed by atoms with E-state index in [0.717, 1.165) is 23.8 Å². The maximum atomic E-state index is 13.9. The van der Waals surface area contributed by atoms with Crippen LogP contribution in [0.2, 0.25) is 0 Å². The largest absolute Gasteiger partial charge is 0.448 e. The summed E-state index contributed by atoms with van der Waals surface area (Å²) in [5.74, 6) is -3.91. The summed E-state index contributed by atoms with van der Waals surface area (Å²) < 4.78 is 67.7. The number of carbonyl (C=O) groups is 1. The molecule has 1 amide bonds. The standard InChI is InChI=1S/C27H27F5N6O2/c1-13-2-4-16(12-21(13)35-15-5-7-20-17(11-15)24(39)34-9-8-33-20)36-25(40)23-22(37-26(38-23)27(30,31)32)14-3-6-18(28)19(29)10-14/h2-3,5-8,10-11,16,21-23,25,35-36,40H,4,9,12H2,1H3,(H,34,39)(H,37,38). The Morgan fingerprint density at radius 2 is 1.93 bits per heavy atom. The lowest BCUT2D eigenvalue weighted by Gasteiger charge is -2.34. The number of halogens is 5. The van der Waals surface area contributed by atoms with E-state index in [-0.39, 0.29) is 23.6 Å². The third-order valence-corrected chi connectivity index (χ3v) is 7.17. The number of benzene rings is 2. The van der Waals surface area contributed by atoms with E-state index in [1.54, 1.807) is 24.4 Å². The third kappa shape index (κ3) is 5.85. The Kier molecular flexibility index (Phi) is 7.60. The molecule has 2 heterocycles. The molecule has 5 atom stereocenters. The second-order valence-corrected chi connectivity index (χ2v) is 9.94. The minimum atomic E-state index is -4.82. The van der Waals surface area contributed by atoms with E-state index < -0.39 is 42.0 Å². The summed E-state index contributed by atoms with van der Waals surface area (Å²) in [6.07, 6.45) is -1.78. The monoisotopic (exact) mass is 562 g/mol. The average Bonchev–Trinajstić information content (AvgIpc) is 3.29. The van der Waals surface area contributed by atoms with Gasteiger partial charge in [-0.15, -0.1) is 0 Å². The van der Waals surface area contributed by atoms with Crippen molar-refractivity contribution in [2.24, 2.45) is 9.98 Å². The van der Waals surface area contributed by atoms with Gasteiger partial charge in [-0.1, -0.05) is 17.7 Å². The zero-order valence-corrected chi connectivity index (χ0v) is 21.3. The second-order valence-electron chi connectivity index (χ2n) is 9.94. The van der Waals surface area contributed by atoms with Crippen LogP contribution in [0.15, 0.2) is 58.0 Å². The van der Waals surface area contributed by atoms with Crippen molar-refractivity contribution in [2.45, 2.75) is 56.3 Å². The Morgan fingerprint density at radius 1 is 1.12 bits per heavy atom. The highest BCUT2D eigenvalue weighted by atomic mass is 19.4. The summed E-state index contributed by atoms with van der Waals surface area (Å²) in [4.78, 5) is 20.3. The smallest absolute Gasteiger partial charge is 0.379 e. The van der Waals surface area contributed by atoms with Crippen molar-refractivity contribution in [3.63, 3.8) is 0 Å². The van der Waals surface area contributed by atoms with Crippen molar-refractivity contribution in [3.05, 3.63) is 70.8 Å². The predicted molar refractivity (Wildman–Crippen MR) is 140 cm³/mol. The third-order valence-electron chi connectivity index (χ3n) is 7.17. The maximum Gasteiger partial charge on any atom is 0.448 e. The number of aliphatic hydroxyl groups excluding tert-OH is 1. The average molecular weight is 563 g/mol. The van der Waals surface area contributed by atoms with Crippen LogP contribution in [0.5, 0.6) is 0 Å². The van der Waals surface area contributed by atoms with Gasteiger partial charge in [0.05, 0.1) is 23.8 Å². The maximum absolute atomic E-state index is 13.9. The Bertz CT molecular complexity index is 1390. The molecule has 1 aliphatic carbocycles. The molecule has 0 saturated heterocycles. The number of aliphatic imine (C=N–C) groups is 2. The molecule has 5 N–H and O–H groups in total. The quantitative estimate of drug-likeness (QED) is 0.209. The molecule has 0 aromatic heterocycles. The van der Waals surface area contributed by atoms with Crippen molar-refractivity contribution in [1.82, 2.24) is 16.0 Å². The fraction of sp³-hybridized carbons (Fsp3) is 0.370. The van der Waals surface area contributed by atoms with Crippen molar-refractivity contribution < 1.29 is 31.9 Å². The van der Waals surface area contributed by atoms with E-state index in [2.05, 4.69) is 31.3 Å². The summed E-state index contributed by atoms with van der Waals surface area (Å²) in [5.41, 5.74) is 2.68. The summed E-state index contributed by atoms with van der Waals surface area (Å²) in [6, 6.07) is 4.85. The number of aliphatic hydroxyl groups is 1. The Balaban J connectivity index is 1.30. The highest BCUT2D eigenvalue weighted by molar-refractivity contribution is 6.02. The second kappa shape index (κ2) is 11.0. The normalized spacial score (nSPS) is 25.2. The van der Waals surface area contributed by atoms with Crippen LogP contribution in [0.3, 0.4) is 0 Å². The summed E-state index contributed by atoms with van der Waals surface area (Å²) in [5, 5.41) is 22.3. The van der Waals surface area contributed by atoms with Crippen LogP contribution in [0.25, 0.3) is 0 Å². The lowest BCUT2D eigenvalue weighted by Crippen LogP contribution is -2.54. The van der Waals surface area contributed by atoms with Crippen LogP contribution in [0.1, 0.15) is 41.7 Å². The molecule has 5 unspecified atom stereocenters. The zero-order chi connectivity index (χ0) is 28.6. The van der Waals surface area contributed by atoms with E-state index in [4.69, 9.17) is 0 Å². The molecule has 5 rings (SSSR count). The molecule has 2 aromatic carbocycles. The highest BCUT2D eigenvalue weighted by Gasteiger charge is 2.46. The van der Waals surface area contributed by atoms with E-state index in [9.17, 15) is 31.9 Å². The number of anilines is 1. The summed E-state index contributed by atoms with van der Waals surface area (Å²) in [7, 11) is 0. The topological polar surface area (TPSA) is 110 Å². The molecular formula is C27H27F5N6O2. The molecule has 0 radical (unpaired) electrons. The predicted octanol–water partition coefficient (Wildman–Crippen LogP) is 3.88. The number of rotatable bonds is 6. The minimum absolute atomic E-state index is 0.00740. The van der Waals surface area contributed by atoms with Gasteiger partial charge in [-0.05, 0) is 55.7 Å². The molecule has 8 nitrogen and oxygen atoms in total. The van der Waals surface area contributed by atoms with Crippen molar-refractivity contribution in [2.75, 3.05) is 11.9 Å². The number of nitrogens with one attached hydrogen (secondary N) is 4. The minimum Gasteiger partial charge on any atom is -0.379 e. The van der Waals surface area contributed by atoms with Gasteiger partial charge in [-0.3, -0.25) is 20.1 Å². The number of amides is 1. The van der Waals surface area contributed by atoms with Crippen molar-refractivity contribution in [1.29, 1.82) is 0 Å². The molecule has 0 saturated carbocycles. The Hall–Kier alpha value is -3.84. The fourth-order valence-electron chi connectivity index (χ4n) is 5.07. The van der Waals surface area contributed by atoms with Gasteiger partial charge in [0.2, 0.25) is 5.84 Å². The van der Waals surface area contributed by atoms with Gasteiger partial charge < -0.3 is 21.1 Å². The number of amidine groups is 1. The zero-order valence-electron chi connectivity index (χ0n) is 21.3. The number of fused-ring (bicyclic) bond motifs is 1. The van der Waals surface area contributed by atoms with Crippen molar-refractivity contribution in [3.8, 4) is 0 Å². The Labute approximate surface area is 226 Å². The number of hydrogen-bond donors (Lipinski definition) is 5. The van der Waals surface area contributed by atoms with Crippen molar-refractivity contribution >= 4 is 29.3 Å². The van der Waals surface area contributed by atoms with Crippen LogP contribution in [0, 0.1) is 11.6 Å². The molecule has 0 fully saturated rings. The van der Waals surface area contributed by atoms with Crippen LogP contribution in [-0.4, -0.2) is 60.1 Å². The van der Waals surface area contributed by atoms with Gasteiger partial charge in [0.25, 0.3) is 5.91 Å². The van der Waals surface area contributed by atoms with Crippen LogP contribution >= 0.6 is 0 Å². The van der Waals surface area contributed by atoms with Gasteiger partial charge in [0.15, 0.2) is 11.6 Å². The summed E-state index contributed by atoms with van der Waals surface area (Å²) in [6.45, 7) is 2.27. The number of hydrogen-bond acceptors (Lipinski definition) is 7. The fourth-order valence-corrected chi connectivity index (χ4v) is 5.07.